The second-order valence-electron chi connectivity index (χ2n) is 2.22. The molecule has 0 amide bonds. The van der Waals surface area contributed by atoms with Gasteiger partial charge in [-0.3, -0.25) is 0 Å². The fourth-order valence-electron chi connectivity index (χ4n) is 0.990. The standard InChI is InChI=1S/C8H8OS/c1-2-6-5-7-8(10-6)3-4-9-7/h3-5H,2H2,1H3. The van der Waals surface area contributed by atoms with Crippen LogP contribution in [0.25, 0.3) is 10.3 Å². The zero-order valence-corrected chi connectivity index (χ0v) is 6.57. The van der Waals surface area contributed by atoms with E-state index in [-0.39, 0.29) is 0 Å². The van der Waals surface area contributed by atoms with Crippen molar-refractivity contribution < 1.29 is 4.42 Å². The van der Waals surface area contributed by atoms with Crippen LogP contribution in [0.4, 0.5) is 0 Å². The van der Waals surface area contributed by atoms with Gasteiger partial charge in [-0.05, 0) is 18.6 Å². The van der Waals surface area contributed by atoms with Crippen molar-refractivity contribution in [2.24, 2.45) is 0 Å². The number of thiophene rings is 1. The first-order chi connectivity index (χ1) is 4.90. The van der Waals surface area contributed by atoms with E-state index in [1.54, 1.807) is 6.26 Å². The lowest BCUT2D eigenvalue weighted by molar-refractivity contribution is 0.616. The molecule has 2 heteroatoms. The Morgan fingerprint density at radius 3 is 3.20 bits per heavy atom. The van der Waals surface area contributed by atoms with Crippen LogP contribution in [-0.4, -0.2) is 0 Å². The summed E-state index contributed by atoms with van der Waals surface area (Å²) >= 11 is 1.81. The molecule has 0 saturated heterocycles. The van der Waals surface area contributed by atoms with Crippen molar-refractivity contribution in [3.05, 3.63) is 23.3 Å². The highest BCUT2D eigenvalue weighted by Gasteiger charge is 2.00. The van der Waals surface area contributed by atoms with E-state index < -0.39 is 0 Å². The van der Waals surface area contributed by atoms with Gasteiger partial charge in [0.1, 0.15) is 5.58 Å². The predicted molar refractivity (Wildman–Crippen MR) is 43.5 cm³/mol. The molecule has 0 aliphatic heterocycles. The Bertz CT molecular complexity index is 303. The fraction of sp³-hybridized carbons (Fsp3) is 0.250. The second kappa shape index (κ2) is 2.13. The first-order valence-corrected chi connectivity index (χ1v) is 4.17. The third-order valence-corrected chi connectivity index (χ3v) is 2.76. The number of fused-ring (bicyclic) bond motifs is 1. The van der Waals surface area contributed by atoms with Gasteiger partial charge in [0.05, 0.1) is 11.0 Å². The minimum absolute atomic E-state index is 1.03. The molecule has 0 fully saturated rings. The first-order valence-electron chi connectivity index (χ1n) is 3.36. The number of rotatable bonds is 1. The minimum Gasteiger partial charge on any atom is -0.463 e. The van der Waals surface area contributed by atoms with Crippen molar-refractivity contribution in [2.45, 2.75) is 13.3 Å². The largest absolute Gasteiger partial charge is 0.463 e. The molecule has 0 aromatic carbocycles. The Morgan fingerprint density at radius 2 is 2.50 bits per heavy atom. The third kappa shape index (κ3) is 0.762. The van der Waals surface area contributed by atoms with Crippen LogP contribution in [-0.2, 0) is 6.42 Å². The van der Waals surface area contributed by atoms with Crippen molar-refractivity contribution in [2.75, 3.05) is 0 Å². The molecule has 0 N–H and O–H groups in total. The summed E-state index contributed by atoms with van der Waals surface area (Å²) in [5.41, 5.74) is 1.03. The lowest BCUT2D eigenvalue weighted by Crippen LogP contribution is -1.64. The van der Waals surface area contributed by atoms with Crippen LogP contribution in [0.2, 0.25) is 0 Å². The van der Waals surface area contributed by atoms with Crippen LogP contribution in [0.15, 0.2) is 22.8 Å². The molecule has 2 heterocycles. The second-order valence-corrected chi connectivity index (χ2v) is 3.38. The zero-order valence-electron chi connectivity index (χ0n) is 5.76. The van der Waals surface area contributed by atoms with Crippen molar-refractivity contribution >= 4 is 21.6 Å². The van der Waals surface area contributed by atoms with Gasteiger partial charge in [-0.15, -0.1) is 11.3 Å². The molecule has 0 radical (unpaired) electrons. The summed E-state index contributed by atoms with van der Waals surface area (Å²) in [5, 5.41) is 0. The van der Waals surface area contributed by atoms with Gasteiger partial charge in [-0.25, -0.2) is 0 Å². The quantitative estimate of drug-likeness (QED) is 0.612. The Morgan fingerprint density at radius 1 is 1.60 bits per heavy atom. The highest BCUT2D eigenvalue weighted by molar-refractivity contribution is 7.18. The lowest BCUT2D eigenvalue weighted by atomic mass is 10.4. The van der Waals surface area contributed by atoms with Crippen LogP contribution in [0.3, 0.4) is 0 Å². The van der Waals surface area contributed by atoms with Crippen molar-refractivity contribution in [1.82, 2.24) is 0 Å². The average molecular weight is 152 g/mol. The van der Waals surface area contributed by atoms with Crippen molar-refractivity contribution in [3.63, 3.8) is 0 Å². The summed E-state index contributed by atoms with van der Waals surface area (Å²) in [6.07, 6.45) is 2.84. The van der Waals surface area contributed by atoms with Crippen LogP contribution in [0.1, 0.15) is 11.8 Å². The molecule has 0 spiro atoms. The molecule has 0 aliphatic carbocycles. The average Bonchev–Trinajstić information content (AvgIpc) is 2.42. The maximum Gasteiger partial charge on any atom is 0.144 e. The fourth-order valence-corrected chi connectivity index (χ4v) is 1.91. The van der Waals surface area contributed by atoms with Gasteiger partial charge < -0.3 is 4.42 Å². The monoisotopic (exact) mass is 152 g/mol. The van der Waals surface area contributed by atoms with E-state index in [9.17, 15) is 0 Å². The van der Waals surface area contributed by atoms with Gasteiger partial charge in [0, 0.05) is 4.88 Å². The normalized spacial score (nSPS) is 10.9. The van der Waals surface area contributed by atoms with Gasteiger partial charge in [-0.1, -0.05) is 6.92 Å². The number of aryl methyl sites for hydroxylation is 1. The number of hydrogen-bond acceptors (Lipinski definition) is 2. The lowest BCUT2D eigenvalue weighted by Gasteiger charge is -1.80. The summed E-state index contributed by atoms with van der Waals surface area (Å²) in [6, 6.07) is 4.12. The molecule has 0 saturated carbocycles. The van der Waals surface area contributed by atoms with E-state index in [4.69, 9.17) is 4.42 Å². The summed E-state index contributed by atoms with van der Waals surface area (Å²) < 4.78 is 6.47. The van der Waals surface area contributed by atoms with Crippen molar-refractivity contribution in [3.8, 4) is 0 Å². The van der Waals surface area contributed by atoms with Gasteiger partial charge >= 0.3 is 0 Å². The first kappa shape index (κ1) is 5.98. The molecule has 52 valence electrons. The summed E-state index contributed by atoms with van der Waals surface area (Å²) in [5.74, 6) is 0. The number of hydrogen-bond donors (Lipinski definition) is 0. The maximum atomic E-state index is 5.21. The molecular formula is C8H8OS. The highest BCUT2D eigenvalue weighted by atomic mass is 32.1. The molecule has 10 heavy (non-hydrogen) atoms. The molecule has 0 bridgehead atoms. The SMILES string of the molecule is CCc1cc2occc2s1. The molecule has 2 aromatic heterocycles. The molecule has 1 nitrogen and oxygen atoms in total. The molecule has 2 rings (SSSR count). The summed E-state index contributed by atoms with van der Waals surface area (Å²) in [6.45, 7) is 2.16. The topological polar surface area (TPSA) is 13.1 Å². The number of furan rings is 1. The minimum atomic E-state index is 1.03. The molecule has 0 aliphatic rings. The van der Waals surface area contributed by atoms with E-state index in [2.05, 4.69) is 13.0 Å². The zero-order chi connectivity index (χ0) is 6.97. The van der Waals surface area contributed by atoms with Crippen LogP contribution in [0.5, 0.6) is 0 Å². The molecular weight excluding hydrogens is 144 g/mol. The van der Waals surface area contributed by atoms with E-state index in [0.29, 0.717) is 0 Å². The Kier molecular flexibility index (Phi) is 1.27. The molecule has 0 atom stereocenters. The molecule has 2 aromatic rings. The van der Waals surface area contributed by atoms with Gasteiger partial charge in [-0.2, -0.15) is 0 Å². The Hall–Kier alpha value is -0.760. The Labute approximate surface area is 63.3 Å². The summed E-state index contributed by atoms with van der Waals surface area (Å²) in [7, 11) is 0. The van der Waals surface area contributed by atoms with E-state index in [0.717, 1.165) is 12.0 Å². The van der Waals surface area contributed by atoms with E-state index >= 15 is 0 Å². The third-order valence-electron chi connectivity index (χ3n) is 1.54. The maximum absolute atomic E-state index is 5.21. The van der Waals surface area contributed by atoms with E-state index in [1.807, 2.05) is 17.4 Å². The van der Waals surface area contributed by atoms with Gasteiger partial charge in [0.15, 0.2) is 0 Å². The van der Waals surface area contributed by atoms with Crippen LogP contribution < -0.4 is 0 Å². The van der Waals surface area contributed by atoms with Crippen molar-refractivity contribution in [1.29, 1.82) is 0 Å². The Balaban J connectivity index is 2.67. The van der Waals surface area contributed by atoms with E-state index in [1.165, 1.54) is 9.58 Å². The van der Waals surface area contributed by atoms with Crippen LogP contribution >= 0.6 is 11.3 Å². The highest BCUT2D eigenvalue weighted by Crippen LogP contribution is 2.26. The predicted octanol–water partition coefficient (Wildman–Crippen LogP) is 3.06. The van der Waals surface area contributed by atoms with Gasteiger partial charge in [0.2, 0.25) is 0 Å². The van der Waals surface area contributed by atoms with Gasteiger partial charge in [0.25, 0.3) is 0 Å². The smallest absolute Gasteiger partial charge is 0.144 e. The van der Waals surface area contributed by atoms with Crippen LogP contribution in [0, 0.1) is 0 Å². The summed E-state index contributed by atoms with van der Waals surface area (Å²) in [4.78, 5) is 1.40. The molecule has 0 unspecified atom stereocenters.